The maximum Gasteiger partial charge on any atom is 0.160 e. The van der Waals surface area contributed by atoms with E-state index < -0.39 is 21.2 Å². The fourth-order valence-electron chi connectivity index (χ4n) is 3.82. The first-order valence-electron chi connectivity index (χ1n) is 7.67. The Balaban J connectivity index is 2.22. The Labute approximate surface area is 133 Å². The molecular formula is C17H26O4S. The number of sulfone groups is 1. The largest absolute Gasteiger partial charge is 0.497 e. The molecule has 1 aromatic rings. The van der Waals surface area contributed by atoms with Gasteiger partial charge in [0.05, 0.1) is 24.2 Å². The van der Waals surface area contributed by atoms with Gasteiger partial charge in [-0.3, -0.25) is 0 Å². The zero-order valence-corrected chi connectivity index (χ0v) is 14.6. The van der Waals surface area contributed by atoms with E-state index in [0.717, 1.165) is 6.42 Å². The molecule has 0 aliphatic heterocycles. The molecule has 3 atom stereocenters. The molecule has 4 nitrogen and oxygen atoms in total. The average molecular weight is 326 g/mol. The second-order valence-corrected chi connectivity index (χ2v) is 9.40. The van der Waals surface area contributed by atoms with Crippen molar-refractivity contribution in [1.29, 1.82) is 0 Å². The second-order valence-electron chi connectivity index (χ2n) is 7.24. The van der Waals surface area contributed by atoms with Crippen molar-refractivity contribution in [2.75, 3.05) is 7.11 Å². The van der Waals surface area contributed by atoms with Gasteiger partial charge < -0.3 is 9.84 Å². The van der Waals surface area contributed by atoms with Gasteiger partial charge in [-0.1, -0.05) is 32.9 Å². The van der Waals surface area contributed by atoms with Crippen LogP contribution in [0.5, 0.6) is 5.75 Å². The second kappa shape index (κ2) is 6.20. The lowest BCUT2D eigenvalue weighted by atomic mass is 9.71. The van der Waals surface area contributed by atoms with Crippen molar-refractivity contribution in [3.63, 3.8) is 0 Å². The van der Waals surface area contributed by atoms with Crippen molar-refractivity contribution in [2.45, 2.75) is 50.7 Å². The van der Waals surface area contributed by atoms with Crippen LogP contribution in [-0.2, 0) is 15.6 Å². The molecule has 1 saturated carbocycles. The molecule has 0 spiro atoms. The summed E-state index contributed by atoms with van der Waals surface area (Å²) in [6.07, 6.45) is 0.542. The Morgan fingerprint density at radius 2 is 2.00 bits per heavy atom. The van der Waals surface area contributed by atoms with Crippen molar-refractivity contribution in [1.82, 2.24) is 0 Å². The summed E-state index contributed by atoms with van der Waals surface area (Å²) in [6, 6.07) is 7.09. The molecular weight excluding hydrogens is 300 g/mol. The molecule has 0 heterocycles. The van der Waals surface area contributed by atoms with E-state index >= 15 is 0 Å². The van der Waals surface area contributed by atoms with Gasteiger partial charge in [-0.05, 0) is 41.9 Å². The van der Waals surface area contributed by atoms with Gasteiger partial charge in [-0.25, -0.2) is 8.42 Å². The monoisotopic (exact) mass is 326 g/mol. The molecule has 2 rings (SSSR count). The fraction of sp³-hybridized carbons (Fsp3) is 0.647. The maximum atomic E-state index is 12.8. The summed E-state index contributed by atoms with van der Waals surface area (Å²) in [7, 11) is -1.86. The summed E-state index contributed by atoms with van der Waals surface area (Å²) in [5.74, 6) is 0.539. The lowest BCUT2D eigenvalue weighted by Gasteiger charge is -2.42. The zero-order chi connectivity index (χ0) is 16.5. The van der Waals surface area contributed by atoms with Crippen molar-refractivity contribution in [3.8, 4) is 5.75 Å². The van der Waals surface area contributed by atoms with Crippen LogP contribution in [0, 0.1) is 11.3 Å². The topological polar surface area (TPSA) is 63.6 Å². The predicted molar refractivity (Wildman–Crippen MR) is 87.6 cm³/mol. The molecule has 1 N–H and O–H groups in total. The third kappa shape index (κ3) is 3.82. The molecule has 1 fully saturated rings. The van der Waals surface area contributed by atoms with Crippen molar-refractivity contribution < 1.29 is 18.3 Å². The van der Waals surface area contributed by atoms with Gasteiger partial charge in [0.15, 0.2) is 9.84 Å². The van der Waals surface area contributed by atoms with Crippen LogP contribution >= 0.6 is 0 Å². The number of hydrogen-bond acceptors (Lipinski definition) is 4. The first-order valence-corrected chi connectivity index (χ1v) is 9.39. The summed E-state index contributed by atoms with van der Waals surface area (Å²) < 4.78 is 30.7. The van der Waals surface area contributed by atoms with Crippen LogP contribution in [0.1, 0.15) is 39.2 Å². The normalized spacial score (nSPS) is 28.3. The van der Waals surface area contributed by atoms with Gasteiger partial charge in [0, 0.05) is 0 Å². The average Bonchev–Trinajstić information content (AvgIpc) is 2.35. The maximum absolute atomic E-state index is 12.8. The fourth-order valence-corrected chi connectivity index (χ4v) is 6.03. The van der Waals surface area contributed by atoms with Gasteiger partial charge in [-0.2, -0.15) is 0 Å². The van der Waals surface area contributed by atoms with Gasteiger partial charge >= 0.3 is 0 Å². The first kappa shape index (κ1) is 17.3. The lowest BCUT2D eigenvalue weighted by molar-refractivity contribution is 0.0432. The predicted octanol–water partition coefficient (Wildman–Crippen LogP) is 2.80. The van der Waals surface area contributed by atoms with Crippen LogP contribution < -0.4 is 4.74 Å². The molecule has 0 saturated heterocycles. The summed E-state index contributed by atoms with van der Waals surface area (Å²) in [6.45, 7) is 6.09. The summed E-state index contributed by atoms with van der Waals surface area (Å²) in [4.78, 5) is 0. The highest BCUT2D eigenvalue weighted by atomic mass is 32.2. The van der Waals surface area contributed by atoms with Crippen molar-refractivity contribution in [3.05, 3.63) is 29.8 Å². The van der Waals surface area contributed by atoms with E-state index in [2.05, 4.69) is 13.8 Å². The highest BCUT2D eigenvalue weighted by Gasteiger charge is 2.45. The minimum absolute atomic E-state index is 0.0131. The molecule has 0 aromatic heterocycles. The van der Waals surface area contributed by atoms with E-state index in [1.54, 1.807) is 31.4 Å². The number of benzene rings is 1. The Hall–Kier alpha value is -1.07. The summed E-state index contributed by atoms with van der Waals surface area (Å²) in [5.41, 5.74) is 0.685. The third-order valence-electron chi connectivity index (χ3n) is 4.49. The van der Waals surface area contributed by atoms with E-state index in [4.69, 9.17) is 4.74 Å². The van der Waals surface area contributed by atoms with Gasteiger partial charge in [-0.15, -0.1) is 0 Å². The van der Waals surface area contributed by atoms with E-state index in [9.17, 15) is 13.5 Å². The minimum atomic E-state index is -3.42. The molecule has 124 valence electrons. The van der Waals surface area contributed by atoms with E-state index in [1.165, 1.54) is 0 Å². The van der Waals surface area contributed by atoms with Crippen LogP contribution in [0.15, 0.2) is 24.3 Å². The summed E-state index contributed by atoms with van der Waals surface area (Å²) in [5, 5.41) is 9.70. The number of aliphatic hydroxyl groups is 1. The van der Waals surface area contributed by atoms with Gasteiger partial charge in [0.2, 0.25) is 0 Å². The Morgan fingerprint density at radius 3 is 2.59 bits per heavy atom. The van der Waals surface area contributed by atoms with Crippen molar-refractivity contribution in [2.24, 2.45) is 11.3 Å². The molecule has 0 radical (unpaired) electrons. The van der Waals surface area contributed by atoms with E-state index in [1.807, 2.05) is 6.92 Å². The SMILES string of the molecule is COc1cccc(CS(=O)(=O)[C@H]2[C@H](C)CC(C)(C)C[C@@H]2O)c1. The van der Waals surface area contributed by atoms with Crippen LogP contribution in [0.2, 0.25) is 0 Å². The molecule has 1 aromatic carbocycles. The minimum Gasteiger partial charge on any atom is -0.497 e. The first-order chi connectivity index (χ1) is 10.1. The van der Waals surface area contributed by atoms with Crippen LogP contribution in [0.4, 0.5) is 0 Å². The Morgan fingerprint density at radius 1 is 1.32 bits per heavy atom. The standard InChI is InChI=1S/C17H26O4S/c1-12-9-17(2,3)10-15(18)16(12)22(19,20)11-13-6-5-7-14(8-13)21-4/h5-8,12,15-16,18H,9-11H2,1-4H3/t12-,15+,16+/m1/s1. The highest BCUT2D eigenvalue weighted by molar-refractivity contribution is 7.91. The lowest BCUT2D eigenvalue weighted by Crippen LogP contribution is -2.47. The van der Waals surface area contributed by atoms with Gasteiger partial charge in [0.25, 0.3) is 0 Å². The highest BCUT2D eigenvalue weighted by Crippen LogP contribution is 2.42. The number of rotatable bonds is 4. The third-order valence-corrected chi connectivity index (χ3v) is 6.84. The molecule has 0 amide bonds. The van der Waals surface area contributed by atoms with Crippen molar-refractivity contribution >= 4 is 9.84 Å². The Bertz CT molecular complexity index is 607. The van der Waals surface area contributed by atoms with Crippen LogP contribution in [0.25, 0.3) is 0 Å². The Kier molecular flexibility index (Phi) is 4.87. The van der Waals surface area contributed by atoms with E-state index in [-0.39, 0.29) is 17.1 Å². The van der Waals surface area contributed by atoms with E-state index in [0.29, 0.717) is 17.7 Å². The molecule has 22 heavy (non-hydrogen) atoms. The van der Waals surface area contributed by atoms with Crippen LogP contribution in [0.3, 0.4) is 0 Å². The summed E-state index contributed by atoms with van der Waals surface area (Å²) >= 11 is 0. The molecule has 1 aliphatic rings. The quantitative estimate of drug-likeness (QED) is 0.924. The smallest absolute Gasteiger partial charge is 0.160 e. The van der Waals surface area contributed by atoms with Gasteiger partial charge in [0.1, 0.15) is 5.75 Å². The number of methoxy groups -OCH3 is 1. The number of hydrogen-bond donors (Lipinski definition) is 1. The molecule has 5 heteroatoms. The molecule has 0 unspecified atom stereocenters. The number of aliphatic hydroxyl groups excluding tert-OH is 1. The van der Waals surface area contributed by atoms with Crippen LogP contribution in [-0.4, -0.2) is 32.0 Å². The molecule has 1 aliphatic carbocycles. The molecule has 0 bridgehead atoms. The number of ether oxygens (including phenoxy) is 1. The zero-order valence-electron chi connectivity index (χ0n) is 13.7.